The number of anilines is 3. The van der Waals surface area contributed by atoms with Gasteiger partial charge in [0.15, 0.2) is 8.07 Å². The van der Waals surface area contributed by atoms with Crippen molar-refractivity contribution >= 4 is 67.8 Å². The van der Waals surface area contributed by atoms with Crippen LogP contribution in [0.4, 0.5) is 17.1 Å². The van der Waals surface area contributed by atoms with Crippen molar-refractivity contribution in [2.24, 2.45) is 0 Å². The Balaban J connectivity index is 0.934. The van der Waals surface area contributed by atoms with Crippen LogP contribution in [0, 0.1) is 0 Å². The van der Waals surface area contributed by atoms with Crippen molar-refractivity contribution < 1.29 is 4.42 Å². The predicted octanol–water partition coefficient (Wildman–Crippen LogP) is 14.4. The van der Waals surface area contributed by atoms with E-state index in [4.69, 9.17) is 4.42 Å². The molecular weight excluding hydrogens is 863 g/mol. The molecule has 12 aromatic rings. The summed E-state index contributed by atoms with van der Waals surface area (Å²) in [7, 11) is -2.65. The highest BCUT2D eigenvalue weighted by atomic mass is 28.3. The first kappa shape index (κ1) is 40.3. The molecule has 0 amide bonds. The third-order valence-corrected chi connectivity index (χ3v) is 20.1. The number of hydrogen-bond acceptors (Lipinski definition) is 2. The standard InChI is InChI=1S/C67H45NOSi/c1-3-20-48(21-4-1)67(61-32-12-7-27-55(61)56-28-8-13-33-62(56)67)49-22-18-23-51(44-49)68(52-41-42-58-57-29-9-14-34-63(57)69-64(58)45-52)50-39-37-46(38-40-50)47-19-17-26-54(43-47)70(53-24-5-2-6-25-53)65-35-15-10-30-59(65)60-31-11-16-36-66(60)70/h1-45H. The SMILES string of the molecule is c1ccc(C2(c3cccc(N(c4ccc(-c5cccc([Si]6(c7ccccc7)c7ccccc7-c7ccccc76)c5)cc4)c4ccc5c(c4)oc4ccccc45)c3)c3ccccc3-c3ccccc32)cc1. The average Bonchev–Trinajstić information content (AvgIpc) is 4.07. The predicted molar refractivity (Wildman–Crippen MR) is 294 cm³/mol. The molecule has 0 saturated heterocycles. The molecule has 2 aliphatic rings. The molecule has 0 radical (unpaired) electrons. The minimum atomic E-state index is -2.65. The van der Waals surface area contributed by atoms with Gasteiger partial charge in [-0.25, -0.2) is 0 Å². The number of furan rings is 1. The minimum Gasteiger partial charge on any atom is -0.456 e. The summed E-state index contributed by atoms with van der Waals surface area (Å²) in [5.41, 5.74) is 17.0. The molecule has 70 heavy (non-hydrogen) atoms. The Morgan fingerprint density at radius 2 is 0.843 bits per heavy atom. The topological polar surface area (TPSA) is 16.4 Å². The number of benzene rings is 11. The summed E-state index contributed by atoms with van der Waals surface area (Å²) in [6.07, 6.45) is 0. The van der Waals surface area contributed by atoms with E-state index in [2.05, 4.69) is 272 Å². The maximum Gasteiger partial charge on any atom is 0.180 e. The van der Waals surface area contributed by atoms with Gasteiger partial charge in [0.1, 0.15) is 11.2 Å². The van der Waals surface area contributed by atoms with Gasteiger partial charge in [0, 0.05) is 33.9 Å². The van der Waals surface area contributed by atoms with E-state index in [-0.39, 0.29) is 0 Å². The molecule has 1 aliphatic heterocycles. The van der Waals surface area contributed by atoms with Gasteiger partial charge in [-0.3, -0.25) is 0 Å². The summed E-state index contributed by atoms with van der Waals surface area (Å²) < 4.78 is 6.56. The molecule has 0 atom stereocenters. The molecule has 14 rings (SSSR count). The second-order valence-corrected chi connectivity index (χ2v) is 22.4. The van der Waals surface area contributed by atoms with Gasteiger partial charge in [-0.05, 0) is 119 Å². The van der Waals surface area contributed by atoms with Crippen LogP contribution in [0.25, 0.3) is 55.3 Å². The van der Waals surface area contributed by atoms with Crippen LogP contribution in [0.1, 0.15) is 22.3 Å². The Hall–Kier alpha value is -8.76. The van der Waals surface area contributed by atoms with Crippen molar-refractivity contribution in [1.82, 2.24) is 0 Å². The van der Waals surface area contributed by atoms with E-state index in [0.717, 1.165) is 39.0 Å². The molecule has 1 aromatic heterocycles. The summed E-state index contributed by atoms with van der Waals surface area (Å²) in [5.74, 6) is 0. The van der Waals surface area contributed by atoms with E-state index in [1.807, 2.05) is 6.07 Å². The number of hydrogen-bond donors (Lipinski definition) is 0. The molecule has 0 bridgehead atoms. The summed E-state index contributed by atoms with van der Waals surface area (Å²) in [5, 5.41) is 7.92. The second kappa shape index (κ2) is 15.9. The molecule has 1 aliphatic carbocycles. The summed E-state index contributed by atoms with van der Waals surface area (Å²) >= 11 is 0. The molecule has 0 unspecified atom stereocenters. The van der Waals surface area contributed by atoms with Gasteiger partial charge >= 0.3 is 0 Å². The Morgan fingerprint density at radius 3 is 1.56 bits per heavy atom. The van der Waals surface area contributed by atoms with Gasteiger partial charge in [-0.1, -0.05) is 224 Å². The molecule has 0 spiro atoms. The molecule has 0 saturated carbocycles. The molecule has 328 valence electrons. The Kier molecular flexibility index (Phi) is 9.17. The van der Waals surface area contributed by atoms with Crippen LogP contribution >= 0.6 is 0 Å². The van der Waals surface area contributed by atoms with Gasteiger partial charge in [-0.15, -0.1) is 0 Å². The average molecular weight is 908 g/mol. The van der Waals surface area contributed by atoms with Crippen molar-refractivity contribution in [2.45, 2.75) is 5.41 Å². The van der Waals surface area contributed by atoms with Gasteiger partial charge in [-0.2, -0.15) is 0 Å². The van der Waals surface area contributed by atoms with Crippen molar-refractivity contribution in [1.29, 1.82) is 0 Å². The largest absolute Gasteiger partial charge is 0.456 e. The first-order valence-electron chi connectivity index (χ1n) is 24.2. The third-order valence-electron chi connectivity index (χ3n) is 15.2. The molecule has 11 aromatic carbocycles. The Bertz CT molecular complexity index is 3870. The fourth-order valence-corrected chi connectivity index (χ4v) is 17.6. The zero-order valence-corrected chi connectivity index (χ0v) is 39.3. The molecule has 0 fully saturated rings. The number of para-hydroxylation sites is 1. The summed E-state index contributed by atoms with van der Waals surface area (Å²) in [6, 6.07) is 101. The van der Waals surface area contributed by atoms with Crippen LogP contribution in [-0.2, 0) is 5.41 Å². The minimum absolute atomic E-state index is 0.533. The van der Waals surface area contributed by atoms with Gasteiger partial charge in [0.2, 0.25) is 0 Å². The lowest BCUT2D eigenvalue weighted by Gasteiger charge is -2.35. The van der Waals surface area contributed by atoms with Crippen molar-refractivity contribution in [3.63, 3.8) is 0 Å². The lowest BCUT2D eigenvalue weighted by molar-refractivity contribution is 0.669. The van der Waals surface area contributed by atoms with Crippen molar-refractivity contribution in [2.75, 3.05) is 4.90 Å². The van der Waals surface area contributed by atoms with Crippen LogP contribution in [0.2, 0.25) is 0 Å². The van der Waals surface area contributed by atoms with Crippen LogP contribution in [0.15, 0.2) is 277 Å². The van der Waals surface area contributed by atoms with Gasteiger partial charge in [0.05, 0.1) is 5.41 Å². The monoisotopic (exact) mass is 907 g/mol. The van der Waals surface area contributed by atoms with E-state index in [0.29, 0.717) is 0 Å². The van der Waals surface area contributed by atoms with E-state index in [1.165, 1.54) is 76.4 Å². The van der Waals surface area contributed by atoms with Gasteiger partial charge < -0.3 is 9.32 Å². The van der Waals surface area contributed by atoms with Crippen LogP contribution < -0.4 is 25.6 Å². The summed E-state index contributed by atoms with van der Waals surface area (Å²) in [6.45, 7) is 0. The normalized spacial score (nSPS) is 13.7. The fourth-order valence-electron chi connectivity index (χ4n) is 12.3. The molecule has 3 heteroatoms. The van der Waals surface area contributed by atoms with E-state index in [9.17, 15) is 0 Å². The third kappa shape index (κ3) is 5.86. The number of rotatable bonds is 8. The zero-order valence-electron chi connectivity index (χ0n) is 38.3. The highest BCUT2D eigenvalue weighted by molar-refractivity contribution is 7.22. The summed E-state index contributed by atoms with van der Waals surface area (Å²) in [4.78, 5) is 2.39. The van der Waals surface area contributed by atoms with E-state index in [1.54, 1.807) is 0 Å². The fraction of sp³-hybridized carbons (Fsp3) is 0.0149. The lowest BCUT2D eigenvalue weighted by Crippen LogP contribution is -2.72. The van der Waals surface area contributed by atoms with Crippen LogP contribution in [0.3, 0.4) is 0 Å². The Labute approximate surface area is 409 Å². The molecule has 2 nitrogen and oxygen atoms in total. The van der Waals surface area contributed by atoms with Crippen LogP contribution in [0.5, 0.6) is 0 Å². The van der Waals surface area contributed by atoms with Crippen molar-refractivity contribution in [3.8, 4) is 33.4 Å². The molecule has 0 N–H and O–H groups in total. The Morgan fingerprint density at radius 1 is 0.314 bits per heavy atom. The van der Waals surface area contributed by atoms with Gasteiger partial charge in [0.25, 0.3) is 0 Å². The smallest absolute Gasteiger partial charge is 0.180 e. The highest BCUT2D eigenvalue weighted by Crippen LogP contribution is 2.56. The van der Waals surface area contributed by atoms with Crippen LogP contribution in [-0.4, -0.2) is 8.07 Å². The molecule has 2 heterocycles. The van der Waals surface area contributed by atoms with E-state index < -0.39 is 13.5 Å². The maximum absolute atomic E-state index is 6.56. The lowest BCUT2D eigenvalue weighted by atomic mass is 9.67. The first-order chi connectivity index (χ1) is 34.7. The second-order valence-electron chi connectivity index (χ2n) is 18.7. The van der Waals surface area contributed by atoms with Crippen molar-refractivity contribution in [3.05, 3.63) is 295 Å². The quantitative estimate of drug-likeness (QED) is 0.141. The van der Waals surface area contributed by atoms with E-state index >= 15 is 0 Å². The number of nitrogens with zero attached hydrogens (tertiary/aromatic N) is 1. The maximum atomic E-state index is 6.56. The first-order valence-corrected chi connectivity index (χ1v) is 26.2. The highest BCUT2D eigenvalue weighted by Gasteiger charge is 2.49. The number of fused-ring (bicyclic) bond motifs is 9. The zero-order chi connectivity index (χ0) is 46.2. The molecular formula is C67H45NOSi.